The maximum Gasteiger partial charge on any atom is 0.237 e. The summed E-state index contributed by atoms with van der Waals surface area (Å²) in [5.74, 6) is 0.867. The minimum absolute atomic E-state index is 0.00973. The van der Waals surface area contributed by atoms with Crippen molar-refractivity contribution < 1.29 is 14.6 Å². The van der Waals surface area contributed by atoms with Gasteiger partial charge in [-0.05, 0) is 42.3 Å². The Hall–Kier alpha value is -3.74. The highest BCUT2D eigenvalue weighted by molar-refractivity contribution is 5.76. The van der Waals surface area contributed by atoms with Gasteiger partial charge in [0, 0.05) is 35.3 Å². The summed E-state index contributed by atoms with van der Waals surface area (Å²) in [6, 6.07) is 9.81. The highest BCUT2D eigenvalue weighted by atomic mass is 16.5. The third-order valence-corrected chi connectivity index (χ3v) is 6.56. The number of aromatic nitrogens is 3. The van der Waals surface area contributed by atoms with Crippen LogP contribution in [0.1, 0.15) is 30.5 Å². The van der Waals surface area contributed by atoms with Crippen molar-refractivity contribution in [3.8, 4) is 23.2 Å². The Balaban J connectivity index is 1.45. The summed E-state index contributed by atoms with van der Waals surface area (Å²) in [6.45, 7) is 8.45. The van der Waals surface area contributed by atoms with E-state index in [-0.39, 0.29) is 12.0 Å². The fourth-order valence-electron chi connectivity index (χ4n) is 4.30. The van der Waals surface area contributed by atoms with Crippen LogP contribution in [0.5, 0.6) is 5.88 Å². The van der Waals surface area contributed by atoms with Gasteiger partial charge in [0.05, 0.1) is 43.4 Å². The average Bonchev–Trinajstić information content (AvgIpc) is 3.19. The smallest absolute Gasteiger partial charge is 0.237 e. The topological polar surface area (TPSA) is 125 Å². The summed E-state index contributed by atoms with van der Waals surface area (Å²) < 4.78 is 11.3. The number of ether oxygens (including phenoxy) is 2. The molecule has 35 heavy (non-hydrogen) atoms. The largest absolute Gasteiger partial charge is 0.475 e. The number of anilines is 3. The second kappa shape index (κ2) is 8.80. The maximum absolute atomic E-state index is 9.98. The van der Waals surface area contributed by atoms with Gasteiger partial charge in [-0.25, -0.2) is 15.0 Å². The lowest BCUT2D eigenvalue weighted by Crippen LogP contribution is -2.44. The van der Waals surface area contributed by atoms with Crippen LogP contribution in [0.2, 0.25) is 0 Å². The Morgan fingerprint density at radius 2 is 2.09 bits per heavy atom. The predicted octanol–water partition coefficient (Wildman–Crippen LogP) is 3.55. The molecule has 1 saturated heterocycles. The Morgan fingerprint density at radius 1 is 1.26 bits per heavy atom. The molecule has 1 atom stereocenters. The fraction of sp³-hybridized carbons (Fsp3) is 0.385. The Kier molecular flexibility index (Phi) is 5.79. The Morgan fingerprint density at radius 3 is 2.80 bits per heavy atom. The number of nitriles is 1. The van der Waals surface area contributed by atoms with Gasteiger partial charge in [-0.15, -0.1) is 0 Å². The molecule has 1 aromatic carbocycles. The number of aliphatic hydroxyl groups is 1. The number of hydrogen-bond acceptors (Lipinski definition) is 9. The minimum atomic E-state index is -0.466. The van der Waals surface area contributed by atoms with Gasteiger partial charge in [0.25, 0.3) is 0 Å². The van der Waals surface area contributed by atoms with E-state index in [2.05, 4.69) is 33.6 Å². The van der Waals surface area contributed by atoms with E-state index in [1.807, 2.05) is 32.0 Å². The van der Waals surface area contributed by atoms with Crippen molar-refractivity contribution in [2.75, 3.05) is 43.6 Å². The summed E-state index contributed by atoms with van der Waals surface area (Å²) in [7, 11) is 0. The molecule has 3 N–H and O–H groups in total. The number of pyridine rings is 1. The lowest BCUT2D eigenvalue weighted by Gasteiger charge is -2.37. The highest BCUT2D eigenvalue weighted by Crippen LogP contribution is 2.41. The SMILES string of the molecule is Cc1cnc(OCC2(C)COC2)c(Nc2nccc(-c3cc(C#N)c4c(c3)[C@@](C)(CO)CN4)n2)c1. The van der Waals surface area contributed by atoms with Gasteiger partial charge in [-0.2, -0.15) is 5.26 Å². The molecule has 2 aromatic heterocycles. The molecule has 2 aliphatic heterocycles. The highest BCUT2D eigenvalue weighted by Gasteiger charge is 2.36. The van der Waals surface area contributed by atoms with E-state index in [9.17, 15) is 10.4 Å². The molecule has 0 spiro atoms. The molecular weight excluding hydrogens is 444 g/mol. The molecule has 0 saturated carbocycles. The van der Waals surface area contributed by atoms with Gasteiger partial charge in [-0.3, -0.25) is 0 Å². The molecule has 5 rings (SSSR count). The van der Waals surface area contributed by atoms with E-state index in [0.717, 1.165) is 22.4 Å². The van der Waals surface area contributed by atoms with Crippen LogP contribution >= 0.6 is 0 Å². The first-order valence-electron chi connectivity index (χ1n) is 11.5. The van der Waals surface area contributed by atoms with Crippen LogP contribution in [0, 0.1) is 23.7 Å². The average molecular weight is 473 g/mol. The normalized spacial score (nSPS) is 19.7. The van der Waals surface area contributed by atoms with Crippen LogP contribution in [0.4, 0.5) is 17.3 Å². The first-order valence-corrected chi connectivity index (χ1v) is 11.5. The molecule has 3 aromatic rings. The van der Waals surface area contributed by atoms with Gasteiger partial charge in [0.1, 0.15) is 11.8 Å². The molecule has 0 aliphatic carbocycles. The summed E-state index contributed by atoms with van der Waals surface area (Å²) in [5, 5.41) is 26.2. The number of nitrogens with one attached hydrogen (secondary N) is 2. The lowest BCUT2D eigenvalue weighted by atomic mass is 9.83. The number of rotatable bonds is 7. The first-order chi connectivity index (χ1) is 16.8. The second-order valence-corrected chi connectivity index (χ2v) is 9.98. The predicted molar refractivity (Wildman–Crippen MR) is 132 cm³/mol. The van der Waals surface area contributed by atoms with Crippen molar-refractivity contribution in [3.63, 3.8) is 0 Å². The molecule has 4 heterocycles. The van der Waals surface area contributed by atoms with Crippen molar-refractivity contribution in [3.05, 3.63) is 53.3 Å². The zero-order chi connectivity index (χ0) is 24.6. The minimum Gasteiger partial charge on any atom is -0.475 e. The molecule has 0 amide bonds. The van der Waals surface area contributed by atoms with E-state index in [0.29, 0.717) is 55.1 Å². The van der Waals surface area contributed by atoms with Gasteiger partial charge < -0.3 is 25.2 Å². The summed E-state index contributed by atoms with van der Waals surface area (Å²) >= 11 is 0. The van der Waals surface area contributed by atoms with Crippen LogP contribution < -0.4 is 15.4 Å². The molecule has 0 radical (unpaired) electrons. The van der Waals surface area contributed by atoms with Crippen molar-refractivity contribution in [1.82, 2.24) is 15.0 Å². The summed E-state index contributed by atoms with van der Waals surface area (Å²) in [6.07, 6.45) is 3.43. The third kappa shape index (κ3) is 4.38. The van der Waals surface area contributed by atoms with E-state index in [4.69, 9.17) is 14.5 Å². The number of aliphatic hydroxyl groups excluding tert-OH is 1. The lowest BCUT2D eigenvalue weighted by molar-refractivity contribution is -0.120. The fourth-order valence-corrected chi connectivity index (χ4v) is 4.30. The molecule has 180 valence electrons. The van der Waals surface area contributed by atoms with Gasteiger partial charge in [0.2, 0.25) is 11.8 Å². The van der Waals surface area contributed by atoms with Crippen LogP contribution in [-0.4, -0.2) is 53.0 Å². The van der Waals surface area contributed by atoms with Crippen LogP contribution in [-0.2, 0) is 10.2 Å². The molecule has 0 bridgehead atoms. The molecule has 9 heteroatoms. The standard InChI is InChI=1S/C26H28N6O3/c1-16-6-21(23(29-10-16)35-15-25(2)13-34-14-25)32-24-28-5-4-20(31-24)17-7-18(9-27)22-19(8-17)26(3,12-33)11-30-22/h4-8,10,30,33H,11-15H2,1-3H3,(H,28,31,32)/t26-/m1/s1. The van der Waals surface area contributed by atoms with E-state index in [1.165, 1.54) is 0 Å². The molecular formula is C26H28N6O3. The number of hydrogen-bond donors (Lipinski definition) is 3. The number of aryl methyl sites for hydroxylation is 1. The second-order valence-electron chi connectivity index (χ2n) is 9.98. The van der Waals surface area contributed by atoms with Gasteiger partial charge >= 0.3 is 0 Å². The molecule has 2 aliphatic rings. The van der Waals surface area contributed by atoms with Gasteiger partial charge in [0.15, 0.2) is 0 Å². The van der Waals surface area contributed by atoms with Crippen molar-refractivity contribution in [2.45, 2.75) is 26.2 Å². The van der Waals surface area contributed by atoms with Crippen LogP contribution in [0.3, 0.4) is 0 Å². The summed E-state index contributed by atoms with van der Waals surface area (Å²) in [4.78, 5) is 13.5. The van der Waals surface area contributed by atoms with E-state index >= 15 is 0 Å². The van der Waals surface area contributed by atoms with Crippen LogP contribution in [0.15, 0.2) is 36.7 Å². The molecule has 0 unspecified atom stereocenters. The Bertz CT molecular complexity index is 1320. The molecule has 9 nitrogen and oxygen atoms in total. The molecule has 1 fully saturated rings. The third-order valence-electron chi connectivity index (χ3n) is 6.56. The van der Waals surface area contributed by atoms with E-state index < -0.39 is 5.41 Å². The number of benzene rings is 1. The summed E-state index contributed by atoms with van der Waals surface area (Å²) in [5.41, 5.74) is 4.83. The zero-order valence-electron chi connectivity index (χ0n) is 20.1. The van der Waals surface area contributed by atoms with Crippen molar-refractivity contribution >= 4 is 17.3 Å². The Labute approximate surface area is 204 Å². The quantitative estimate of drug-likeness (QED) is 0.473. The number of fused-ring (bicyclic) bond motifs is 1. The first kappa shape index (κ1) is 23.0. The van der Waals surface area contributed by atoms with Crippen LogP contribution in [0.25, 0.3) is 11.3 Å². The zero-order valence-corrected chi connectivity index (χ0v) is 20.1. The van der Waals surface area contributed by atoms with E-state index in [1.54, 1.807) is 18.5 Å². The monoisotopic (exact) mass is 472 g/mol. The maximum atomic E-state index is 9.98. The van der Waals surface area contributed by atoms with Crippen molar-refractivity contribution in [2.24, 2.45) is 5.41 Å². The van der Waals surface area contributed by atoms with Gasteiger partial charge in [-0.1, -0.05) is 13.8 Å². The van der Waals surface area contributed by atoms with Crippen molar-refractivity contribution in [1.29, 1.82) is 5.26 Å². The number of nitrogens with zero attached hydrogens (tertiary/aromatic N) is 4.